The van der Waals surface area contributed by atoms with Gasteiger partial charge >= 0.3 is 0 Å². The molecule has 0 spiro atoms. The van der Waals surface area contributed by atoms with E-state index in [9.17, 15) is 0 Å². The van der Waals surface area contributed by atoms with Gasteiger partial charge in [-0.1, -0.05) is 60.7 Å². The van der Waals surface area contributed by atoms with Crippen molar-refractivity contribution in [1.82, 2.24) is 8.75 Å². The summed E-state index contributed by atoms with van der Waals surface area (Å²) in [6, 6.07) is 39.2. The molecule has 0 radical (unpaired) electrons. The van der Waals surface area contributed by atoms with Crippen LogP contribution in [0.2, 0.25) is 0 Å². The molecule has 5 aromatic carbocycles. The van der Waals surface area contributed by atoms with Crippen LogP contribution in [0.25, 0.3) is 33.3 Å². The summed E-state index contributed by atoms with van der Waals surface area (Å²) in [5.41, 5.74) is 8.55. The Bertz CT molecular complexity index is 2220. The number of fused-ring (bicyclic) bond motifs is 1. The first-order valence-electron chi connectivity index (χ1n) is 24.4. The molecule has 0 aliphatic heterocycles. The first-order chi connectivity index (χ1) is 35.7. The number of ether oxygens (including phenoxy) is 12. The topological polar surface area (TPSA) is 180 Å². The van der Waals surface area contributed by atoms with Crippen LogP contribution in [-0.2, 0) is 47.4 Å². The van der Waals surface area contributed by atoms with E-state index in [1.807, 2.05) is 54.6 Å². The second-order valence-corrected chi connectivity index (χ2v) is 16.2. The summed E-state index contributed by atoms with van der Waals surface area (Å²) in [7, 11) is 0. The molecule has 6 aromatic rings. The lowest BCUT2D eigenvalue weighted by molar-refractivity contribution is -0.0147. The van der Waals surface area contributed by atoms with Gasteiger partial charge in [-0.15, -0.1) is 0 Å². The SMILES string of the molecule is OCCOCCOCCOCCOCCOCCOc1cc(OCCOCCOCCOCCOCCOCCO)cc(-c2ccc(-c3ccc(N(c4ccccc4)c4ccccc4)cc3)c3nsnc23)c1. The number of aromatic nitrogens is 2. The van der Waals surface area contributed by atoms with Gasteiger partial charge in [-0.25, -0.2) is 0 Å². The number of anilines is 3. The van der Waals surface area contributed by atoms with Crippen LogP contribution in [-0.4, -0.2) is 178 Å². The molecule has 17 nitrogen and oxygen atoms in total. The third kappa shape index (κ3) is 20.4. The summed E-state index contributed by atoms with van der Waals surface area (Å²) in [5.74, 6) is 1.24. The summed E-state index contributed by atoms with van der Waals surface area (Å²) in [6.45, 7) is 9.13. The fraction of sp³-hybridized carbons (Fsp3) is 0.444. The number of benzene rings is 5. The van der Waals surface area contributed by atoms with E-state index >= 15 is 0 Å². The molecule has 1 heterocycles. The fourth-order valence-corrected chi connectivity index (χ4v) is 7.72. The minimum absolute atomic E-state index is 0.00365. The van der Waals surface area contributed by atoms with Crippen molar-refractivity contribution in [2.24, 2.45) is 0 Å². The van der Waals surface area contributed by atoms with Crippen molar-refractivity contribution >= 4 is 39.8 Å². The van der Waals surface area contributed by atoms with E-state index in [2.05, 4.69) is 65.6 Å². The molecule has 0 aliphatic carbocycles. The predicted molar refractivity (Wildman–Crippen MR) is 276 cm³/mol. The predicted octanol–water partition coefficient (Wildman–Crippen LogP) is 7.40. The molecule has 18 heteroatoms. The van der Waals surface area contributed by atoms with E-state index in [0.29, 0.717) is 157 Å². The van der Waals surface area contributed by atoms with Crippen LogP contribution in [0.4, 0.5) is 17.1 Å². The highest BCUT2D eigenvalue weighted by atomic mass is 32.1. The molecule has 0 saturated carbocycles. The van der Waals surface area contributed by atoms with Crippen LogP contribution < -0.4 is 14.4 Å². The Labute approximate surface area is 426 Å². The Morgan fingerprint density at radius 3 is 1.01 bits per heavy atom. The number of nitrogens with zero attached hydrogens (tertiary/aromatic N) is 3. The van der Waals surface area contributed by atoms with E-state index in [-0.39, 0.29) is 13.2 Å². The van der Waals surface area contributed by atoms with Gasteiger partial charge in [0.05, 0.1) is 157 Å². The molecule has 0 aliphatic rings. The molecule has 0 bridgehead atoms. The van der Waals surface area contributed by atoms with Crippen LogP contribution >= 0.6 is 11.7 Å². The third-order valence-electron chi connectivity index (χ3n) is 10.5. The van der Waals surface area contributed by atoms with E-state index in [1.54, 1.807) is 0 Å². The number of hydrogen-bond acceptors (Lipinski definition) is 18. The van der Waals surface area contributed by atoms with Crippen LogP contribution in [0.1, 0.15) is 0 Å². The van der Waals surface area contributed by atoms with Crippen molar-refractivity contribution in [3.05, 3.63) is 115 Å². The minimum atomic E-state index is 0.00365. The molecule has 0 unspecified atom stereocenters. The largest absolute Gasteiger partial charge is 0.491 e. The van der Waals surface area contributed by atoms with Gasteiger partial charge in [-0.05, 0) is 59.7 Å². The van der Waals surface area contributed by atoms with E-state index < -0.39 is 0 Å². The Hall–Kier alpha value is -5.16. The van der Waals surface area contributed by atoms with Crippen molar-refractivity contribution in [3.63, 3.8) is 0 Å². The van der Waals surface area contributed by atoms with Gasteiger partial charge in [0.2, 0.25) is 0 Å². The zero-order chi connectivity index (χ0) is 49.9. The highest BCUT2D eigenvalue weighted by Crippen LogP contribution is 2.39. The van der Waals surface area contributed by atoms with Crippen molar-refractivity contribution in [1.29, 1.82) is 0 Å². The summed E-state index contributed by atoms with van der Waals surface area (Å²) in [4.78, 5) is 2.24. The van der Waals surface area contributed by atoms with Gasteiger partial charge in [-0.3, -0.25) is 0 Å². The number of aliphatic hydroxyl groups excluding tert-OH is 2. The molecule has 72 heavy (non-hydrogen) atoms. The lowest BCUT2D eigenvalue weighted by Gasteiger charge is -2.25. The standard InChI is InChI=1S/C54H69N3O14S/c58-17-19-60-21-23-62-25-27-64-29-31-66-33-35-68-37-39-70-49-41-45(42-50(43-49)71-40-38-69-36-34-67-32-30-65-28-26-63-24-22-61-20-18-59)52-16-15-51(53-54(52)56-72-55-53)44-11-13-48(14-12-44)57(46-7-3-1-4-8-46)47-9-5-2-6-10-47/h1-16,41-43,58-59H,17-40H2. The third-order valence-corrected chi connectivity index (χ3v) is 11.0. The Morgan fingerprint density at radius 1 is 0.333 bits per heavy atom. The Balaban J connectivity index is 1.01. The number of rotatable bonds is 41. The monoisotopic (exact) mass is 1020 g/mol. The van der Waals surface area contributed by atoms with Crippen LogP contribution in [0, 0.1) is 0 Å². The van der Waals surface area contributed by atoms with Gasteiger partial charge in [0.1, 0.15) is 35.7 Å². The smallest absolute Gasteiger partial charge is 0.123 e. The molecule has 0 amide bonds. The maximum Gasteiger partial charge on any atom is 0.123 e. The molecule has 2 N–H and O–H groups in total. The second kappa shape index (κ2) is 35.1. The quantitative estimate of drug-likeness (QED) is 0.0362. The molecule has 6 rings (SSSR count). The maximum atomic E-state index is 8.73. The van der Waals surface area contributed by atoms with Crippen molar-refractivity contribution in [3.8, 4) is 33.8 Å². The lowest BCUT2D eigenvalue weighted by Crippen LogP contribution is -2.15. The minimum Gasteiger partial charge on any atom is -0.491 e. The van der Waals surface area contributed by atoms with Crippen LogP contribution in [0.5, 0.6) is 11.5 Å². The summed E-state index contributed by atoms with van der Waals surface area (Å²) < 4.78 is 77.1. The average molecular weight is 1020 g/mol. The van der Waals surface area contributed by atoms with E-state index in [0.717, 1.165) is 50.3 Å². The maximum absolute atomic E-state index is 8.73. The van der Waals surface area contributed by atoms with Crippen molar-refractivity contribution in [2.45, 2.75) is 0 Å². The summed E-state index contributed by atoms with van der Waals surface area (Å²) >= 11 is 1.18. The Kier molecular flexibility index (Phi) is 27.3. The summed E-state index contributed by atoms with van der Waals surface area (Å²) in [5, 5.41) is 17.5. The second-order valence-electron chi connectivity index (χ2n) is 15.6. The summed E-state index contributed by atoms with van der Waals surface area (Å²) in [6.07, 6.45) is 0. The van der Waals surface area contributed by atoms with Crippen LogP contribution in [0.15, 0.2) is 115 Å². The van der Waals surface area contributed by atoms with Gasteiger partial charge in [0.25, 0.3) is 0 Å². The molecular formula is C54H69N3O14S. The van der Waals surface area contributed by atoms with Crippen LogP contribution in [0.3, 0.4) is 0 Å². The molecule has 0 atom stereocenters. The van der Waals surface area contributed by atoms with E-state index in [4.69, 9.17) is 75.8 Å². The average Bonchev–Trinajstić information content (AvgIpc) is 3.92. The van der Waals surface area contributed by atoms with Gasteiger partial charge in [0, 0.05) is 34.3 Å². The van der Waals surface area contributed by atoms with Gasteiger partial charge in [0.15, 0.2) is 0 Å². The zero-order valence-electron chi connectivity index (χ0n) is 41.0. The number of hydrogen-bond donors (Lipinski definition) is 2. The molecule has 1 aromatic heterocycles. The van der Waals surface area contributed by atoms with Crippen molar-refractivity contribution in [2.75, 3.05) is 163 Å². The molecule has 0 fully saturated rings. The number of para-hydroxylation sites is 2. The fourth-order valence-electron chi connectivity index (χ4n) is 7.15. The Morgan fingerprint density at radius 2 is 0.653 bits per heavy atom. The lowest BCUT2D eigenvalue weighted by atomic mass is 9.97. The molecule has 0 saturated heterocycles. The first kappa shape index (κ1) is 56.1. The van der Waals surface area contributed by atoms with Crippen molar-refractivity contribution < 1.29 is 67.1 Å². The highest BCUT2D eigenvalue weighted by Gasteiger charge is 2.17. The number of aliphatic hydroxyl groups is 2. The zero-order valence-corrected chi connectivity index (χ0v) is 41.8. The highest BCUT2D eigenvalue weighted by molar-refractivity contribution is 7.00. The first-order valence-corrected chi connectivity index (χ1v) is 25.1. The normalized spacial score (nSPS) is 11.4. The van der Waals surface area contributed by atoms with E-state index in [1.165, 1.54) is 11.7 Å². The molecule has 390 valence electrons. The molecular weight excluding hydrogens is 947 g/mol. The van der Waals surface area contributed by atoms with Gasteiger partial charge < -0.3 is 72.0 Å². The van der Waals surface area contributed by atoms with Gasteiger partial charge in [-0.2, -0.15) is 8.75 Å².